The van der Waals surface area contributed by atoms with Gasteiger partial charge >= 0.3 is 0 Å². The number of hydrogen-bond acceptors (Lipinski definition) is 3. The molecular formula is C13H14BrNO2. The molecule has 0 atom stereocenters. The van der Waals surface area contributed by atoms with Crippen molar-refractivity contribution in [2.75, 3.05) is 7.11 Å². The van der Waals surface area contributed by atoms with E-state index in [0.29, 0.717) is 6.61 Å². The third kappa shape index (κ3) is 2.34. The Bertz CT molecular complexity index is 462. The van der Waals surface area contributed by atoms with Gasteiger partial charge in [0.05, 0.1) is 12.1 Å². The number of carbonyl (C=O) groups excluding carboxylic acids is 1. The molecule has 0 bridgehead atoms. The summed E-state index contributed by atoms with van der Waals surface area (Å²) in [6, 6.07) is 6.03. The van der Waals surface area contributed by atoms with Crippen LogP contribution in [0.1, 0.15) is 30.4 Å². The summed E-state index contributed by atoms with van der Waals surface area (Å²) in [5.41, 5.74) is 1.82. The van der Waals surface area contributed by atoms with Crippen molar-refractivity contribution < 1.29 is 9.53 Å². The standard InChI is InChI=1S/C13H14BrNO2/c1-17-8-10-3-4-11(14)7-12(10)13(15-9-16)5-2-6-13/h3-4,7H,2,5-6,8H2,1H3. The van der Waals surface area contributed by atoms with Crippen LogP contribution in [0, 0.1) is 0 Å². The van der Waals surface area contributed by atoms with Gasteiger partial charge in [-0.3, -0.25) is 0 Å². The topological polar surface area (TPSA) is 38.7 Å². The zero-order valence-corrected chi connectivity index (χ0v) is 11.3. The molecule has 1 aliphatic carbocycles. The number of hydrogen-bond donors (Lipinski definition) is 0. The fraction of sp³-hybridized carbons (Fsp3) is 0.462. The molecule has 1 aliphatic rings. The van der Waals surface area contributed by atoms with Gasteiger partial charge in [-0.1, -0.05) is 22.0 Å². The Kier molecular flexibility index (Phi) is 3.77. The molecule has 0 heterocycles. The predicted molar refractivity (Wildman–Crippen MR) is 68.5 cm³/mol. The van der Waals surface area contributed by atoms with Crippen molar-refractivity contribution in [3.63, 3.8) is 0 Å². The van der Waals surface area contributed by atoms with Crippen LogP contribution in [0.3, 0.4) is 0 Å². The largest absolute Gasteiger partial charge is 0.380 e. The van der Waals surface area contributed by atoms with Crippen molar-refractivity contribution in [1.29, 1.82) is 0 Å². The van der Waals surface area contributed by atoms with Gasteiger partial charge in [-0.25, -0.2) is 4.79 Å². The zero-order valence-electron chi connectivity index (χ0n) is 9.70. The Morgan fingerprint density at radius 1 is 1.53 bits per heavy atom. The lowest BCUT2D eigenvalue weighted by molar-refractivity contribution is 0.178. The van der Waals surface area contributed by atoms with E-state index in [1.54, 1.807) is 13.2 Å². The lowest BCUT2D eigenvalue weighted by Crippen LogP contribution is -2.33. The molecule has 4 heteroatoms. The van der Waals surface area contributed by atoms with Gasteiger partial charge in [0.15, 0.2) is 0 Å². The molecule has 1 aromatic carbocycles. The Hall–Kier alpha value is -0.960. The van der Waals surface area contributed by atoms with Gasteiger partial charge in [-0.15, -0.1) is 0 Å². The van der Waals surface area contributed by atoms with Crippen molar-refractivity contribution >= 4 is 22.0 Å². The van der Waals surface area contributed by atoms with Crippen LogP contribution in [0.4, 0.5) is 0 Å². The maximum atomic E-state index is 10.6. The molecule has 1 aromatic rings. The summed E-state index contributed by atoms with van der Waals surface area (Å²) < 4.78 is 6.19. The van der Waals surface area contributed by atoms with Crippen LogP contribution in [-0.4, -0.2) is 13.2 Å². The first-order chi connectivity index (χ1) is 8.22. The van der Waals surface area contributed by atoms with E-state index in [9.17, 15) is 4.79 Å². The number of rotatable bonds is 4. The maximum Gasteiger partial charge on any atom is 0.235 e. The number of isocyanates is 1. The molecular weight excluding hydrogens is 282 g/mol. The SMILES string of the molecule is COCc1ccc(Br)cc1C1(N=C=O)CCC1. The Morgan fingerprint density at radius 3 is 2.82 bits per heavy atom. The lowest BCUT2D eigenvalue weighted by atomic mass is 9.71. The minimum atomic E-state index is -0.362. The van der Waals surface area contributed by atoms with Crippen molar-refractivity contribution in [2.45, 2.75) is 31.4 Å². The van der Waals surface area contributed by atoms with Gasteiger partial charge < -0.3 is 4.74 Å². The fourth-order valence-electron chi connectivity index (χ4n) is 2.30. The summed E-state index contributed by atoms with van der Waals surface area (Å²) in [7, 11) is 1.67. The lowest BCUT2D eigenvalue weighted by Gasteiger charge is -2.38. The summed E-state index contributed by atoms with van der Waals surface area (Å²) in [5, 5.41) is 0. The van der Waals surface area contributed by atoms with E-state index in [2.05, 4.69) is 20.9 Å². The number of halogens is 1. The highest BCUT2D eigenvalue weighted by atomic mass is 79.9. The van der Waals surface area contributed by atoms with E-state index in [1.165, 1.54) is 0 Å². The van der Waals surface area contributed by atoms with Gasteiger partial charge in [0, 0.05) is 11.6 Å². The second-order valence-electron chi connectivity index (χ2n) is 4.32. The minimum absolute atomic E-state index is 0.362. The third-order valence-corrected chi connectivity index (χ3v) is 3.81. The number of aliphatic imine (C=N–C) groups is 1. The first-order valence-electron chi connectivity index (χ1n) is 5.59. The first-order valence-corrected chi connectivity index (χ1v) is 6.38. The van der Waals surface area contributed by atoms with Gasteiger partial charge in [-0.05, 0) is 42.5 Å². The molecule has 0 unspecified atom stereocenters. The van der Waals surface area contributed by atoms with E-state index in [4.69, 9.17) is 4.74 Å². The minimum Gasteiger partial charge on any atom is -0.380 e. The highest BCUT2D eigenvalue weighted by Gasteiger charge is 2.40. The summed E-state index contributed by atoms with van der Waals surface area (Å²) in [6.07, 6.45) is 4.64. The molecule has 0 N–H and O–H groups in total. The van der Waals surface area contributed by atoms with Crippen molar-refractivity contribution in [1.82, 2.24) is 0 Å². The number of methoxy groups -OCH3 is 1. The van der Waals surface area contributed by atoms with Gasteiger partial charge in [0.25, 0.3) is 0 Å². The Morgan fingerprint density at radius 2 is 2.29 bits per heavy atom. The van der Waals surface area contributed by atoms with E-state index >= 15 is 0 Å². The van der Waals surface area contributed by atoms with Crippen LogP contribution >= 0.6 is 15.9 Å². The quantitative estimate of drug-likeness (QED) is 0.631. The molecule has 3 nitrogen and oxygen atoms in total. The van der Waals surface area contributed by atoms with Crippen molar-refractivity contribution in [2.24, 2.45) is 4.99 Å². The highest BCUT2D eigenvalue weighted by Crippen LogP contribution is 2.46. The number of ether oxygens (including phenoxy) is 1. The highest BCUT2D eigenvalue weighted by molar-refractivity contribution is 9.10. The summed E-state index contributed by atoms with van der Waals surface area (Å²) in [5.74, 6) is 0. The second-order valence-corrected chi connectivity index (χ2v) is 5.24. The van der Waals surface area contributed by atoms with Gasteiger partial charge in [0.2, 0.25) is 6.08 Å². The van der Waals surface area contributed by atoms with E-state index in [1.807, 2.05) is 18.2 Å². The molecule has 0 aliphatic heterocycles. The maximum absolute atomic E-state index is 10.6. The van der Waals surface area contributed by atoms with Crippen LogP contribution in [0.5, 0.6) is 0 Å². The fourth-order valence-corrected chi connectivity index (χ4v) is 2.66. The second kappa shape index (κ2) is 5.13. The van der Waals surface area contributed by atoms with Crippen LogP contribution in [0.2, 0.25) is 0 Å². The molecule has 0 aromatic heterocycles. The molecule has 1 saturated carbocycles. The number of nitrogens with zero attached hydrogens (tertiary/aromatic N) is 1. The van der Waals surface area contributed by atoms with Crippen LogP contribution in [0.25, 0.3) is 0 Å². The third-order valence-electron chi connectivity index (χ3n) is 3.31. The van der Waals surface area contributed by atoms with E-state index < -0.39 is 0 Å². The van der Waals surface area contributed by atoms with Gasteiger partial charge in [0.1, 0.15) is 0 Å². The van der Waals surface area contributed by atoms with Crippen molar-refractivity contribution in [3.05, 3.63) is 33.8 Å². The molecule has 2 rings (SSSR count). The monoisotopic (exact) mass is 295 g/mol. The van der Waals surface area contributed by atoms with Gasteiger partial charge in [-0.2, -0.15) is 4.99 Å². The average molecular weight is 296 g/mol. The first kappa shape index (κ1) is 12.5. The predicted octanol–water partition coefficient (Wildman–Crippen LogP) is 3.31. The molecule has 1 fully saturated rings. The smallest absolute Gasteiger partial charge is 0.235 e. The molecule has 17 heavy (non-hydrogen) atoms. The summed E-state index contributed by atoms with van der Waals surface area (Å²) >= 11 is 3.46. The number of benzene rings is 1. The van der Waals surface area contributed by atoms with Crippen molar-refractivity contribution in [3.8, 4) is 0 Å². The average Bonchev–Trinajstić information content (AvgIpc) is 2.26. The molecule has 0 radical (unpaired) electrons. The Balaban J connectivity index is 2.47. The summed E-state index contributed by atoms with van der Waals surface area (Å²) in [6.45, 7) is 0.540. The Labute approximate surface area is 109 Å². The zero-order chi connectivity index (χ0) is 12.3. The molecule has 0 amide bonds. The van der Waals surface area contributed by atoms with E-state index in [-0.39, 0.29) is 5.54 Å². The van der Waals surface area contributed by atoms with Crippen LogP contribution < -0.4 is 0 Å². The summed E-state index contributed by atoms with van der Waals surface area (Å²) in [4.78, 5) is 14.6. The van der Waals surface area contributed by atoms with Crippen LogP contribution in [-0.2, 0) is 21.7 Å². The molecule has 0 saturated heterocycles. The molecule has 0 spiro atoms. The molecule has 90 valence electrons. The van der Waals surface area contributed by atoms with E-state index in [0.717, 1.165) is 34.9 Å². The van der Waals surface area contributed by atoms with Crippen LogP contribution in [0.15, 0.2) is 27.7 Å². The normalized spacial score (nSPS) is 17.1.